The maximum atomic E-state index is 6.08. The van der Waals surface area contributed by atoms with Crippen molar-refractivity contribution in [1.29, 1.82) is 0 Å². The average molecular weight is 312 g/mol. The summed E-state index contributed by atoms with van der Waals surface area (Å²) in [6, 6.07) is 7.96. The Morgan fingerprint density at radius 1 is 1.25 bits per heavy atom. The van der Waals surface area contributed by atoms with Crippen molar-refractivity contribution in [1.82, 2.24) is 5.32 Å². The fourth-order valence-corrected chi connectivity index (χ4v) is 2.28. The van der Waals surface area contributed by atoms with Gasteiger partial charge in [-0.25, -0.2) is 0 Å². The number of halogens is 2. The number of hydrogen-bond acceptors (Lipinski definition) is 3. The van der Waals surface area contributed by atoms with E-state index in [9.17, 15) is 0 Å². The minimum atomic E-state index is 0.342. The Balaban J connectivity index is 1.62. The van der Waals surface area contributed by atoms with Crippen LogP contribution in [0.3, 0.4) is 0 Å². The molecule has 5 heteroatoms. The first kappa shape index (κ1) is 13.8. The molecule has 20 heavy (non-hydrogen) atoms. The predicted octanol–water partition coefficient (Wildman–Crippen LogP) is 4.42. The molecule has 1 aliphatic carbocycles. The minimum absolute atomic E-state index is 0.342. The third kappa shape index (κ3) is 3.29. The first-order chi connectivity index (χ1) is 9.74. The third-order valence-corrected chi connectivity index (χ3v) is 4.07. The van der Waals surface area contributed by atoms with Gasteiger partial charge in [0, 0.05) is 18.2 Å². The van der Waals surface area contributed by atoms with Crippen molar-refractivity contribution in [3.63, 3.8) is 0 Å². The van der Waals surface area contributed by atoms with E-state index in [2.05, 4.69) is 5.32 Å². The highest BCUT2D eigenvalue weighted by molar-refractivity contribution is 6.42. The molecule has 3 nitrogen and oxygen atoms in total. The van der Waals surface area contributed by atoms with E-state index in [0.717, 1.165) is 17.9 Å². The van der Waals surface area contributed by atoms with E-state index in [1.54, 1.807) is 24.5 Å². The lowest BCUT2D eigenvalue weighted by molar-refractivity contribution is 0.268. The van der Waals surface area contributed by atoms with Crippen LogP contribution in [0.4, 0.5) is 0 Å². The summed E-state index contributed by atoms with van der Waals surface area (Å²) in [5.74, 6) is 1.38. The molecular formula is C15H15Cl2NO2. The van der Waals surface area contributed by atoms with E-state index in [4.69, 9.17) is 32.4 Å². The van der Waals surface area contributed by atoms with Gasteiger partial charge in [0.1, 0.15) is 23.1 Å². The average Bonchev–Trinajstić information content (AvgIpc) is 3.17. The van der Waals surface area contributed by atoms with Gasteiger partial charge in [-0.05, 0) is 31.0 Å². The Labute approximate surface area is 127 Å². The van der Waals surface area contributed by atoms with Gasteiger partial charge in [-0.15, -0.1) is 0 Å². The van der Waals surface area contributed by atoms with Gasteiger partial charge in [0.05, 0.1) is 11.3 Å². The monoisotopic (exact) mass is 311 g/mol. The van der Waals surface area contributed by atoms with Gasteiger partial charge >= 0.3 is 0 Å². The van der Waals surface area contributed by atoms with Crippen LogP contribution in [-0.2, 0) is 13.2 Å². The first-order valence-corrected chi connectivity index (χ1v) is 7.35. The van der Waals surface area contributed by atoms with Crippen LogP contribution in [0.5, 0.6) is 5.75 Å². The Morgan fingerprint density at radius 3 is 2.90 bits per heavy atom. The first-order valence-electron chi connectivity index (χ1n) is 6.59. The van der Waals surface area contributed by atoms with Crippen LogP contribution in [0.1, 0.15) is 24.2 Å². The zero-order valence-corrected chi connectivity index (χ0v) is 12.4. The standard InChI is InChI=1S/C15H15Cl2NO2/c16-12-2-1-3-13(15(12)17)20-9-14-10(6-7-19-14)8-18-11-4-5-11/h1-3,6-7,11,18H,4-5,8-9H2. The Hall–Kier alpha value is -1.16. The number of ether oxygens (including phenoxy) is 1. The van der Waals surface area contributed by atoms with Gasteiger partial charge in [0.15, 0.2) is 0 Å². The minimum Gasteiger partial charge on any atom is -0.484 e. The van der Waals surface area contributed by atoms with Crippen LogP contribution in [0.15, 0.2) is 34.9 Å². The number of furan rings is 1. The molecule has 0 saturated heterocycles. The van der Waals surface area contributed by atoms with E-state index >= 15 is 0 Å². The molecule has 0 spiro atoms. The molecular weight excluding hydrogens is 297 g/mol. The molecule has 0 amide bonds. The second kappa shape index (κ2) is 6.08. The second-order valence-electron chi connectivity index (χ2n) is 4.86. The van der Waals surface area contributed by atoms with Crippen molar-refractivity contribution in [2.45, 2.75) is 32.0 Å². The number of benzene rings is 1. The highest BCUT2D eigenvalue weighted by Crippen LogP contribution is 2.32. The molecule has 1 heterocycles. The number of rotatable bonds is 6. The van der Waals surface area contributed by atoms with Gasteiger partial charge in [-0.1, -0.05) is 29.3 Å². The normalized spacial score (nSPS) is 14.5. The topological polar surface area (TPSA) is 34.4 Å². The van der Waals surface area contributed by atoms with Gasteiger partial charge < -0.3 is 14.5 Å². The van der Waals surface area contributed by atoms with Crippen LogP contribution in [0.2, 0.25) is 10.0 Å². The second-order valence-corrected chi connectivity index (χ2v) is 5.65. The fraction of sp³-hybridized carbons (Fsp3) is 0.333. The van der Waals surface area contributed by atoms with Crippen LogP contribution in [0, 0.1) is 0 Å². The van der Waals surface area contributed by atoms with E-state index < -0.39 is 0 Å². The summed E-state index contributed by atoms with van der Waals surface area (Å²) in [5.41, 5.74) is 1.12. The quantitative estimate of drug-likeness (QED) is 0.857. The molecule has 2 aromatic rings. The molecule has 106 valence electrons. The lowest BCUT2D eigenvalue weighted by atomic mass is 10.2. The summed E-state index contributed by atoms with van der Waals surface area (Å²) in [6.07, 6.45) is 4.21. The van der Waals surface area contributed by atoms with E-state index in [1.165, 1.54) is 12.8 Å². The molecule has 0 bridgehead atoms. The predicted molar refractivity (Wildman–Crippen MR) is 79.4 cm³/mol. The summed E-state index contributed by atoms with van der Waals surface area (Å²) < 4.78 is 11.2. The maximum absolute atomic E-state index is 6.08. The Bertz CT molecular complexity index is 593. The smallest absolute Gasteiger partial charge is 0.146 e. The van der Waals surface area contributed by atoms with Gasteiger partial charge in [0.2, 0.25) is 0 Å². The summed E-state index contributed by atoms with van der Waals surface area (Å²) in [6.45, 7) is 1.15. The molecule has 0 atom stereocenters. The largest absolute Gasteiger partial charge is 0.484 e. The van der Waals surface area contributed by atoms with Gasteiger partial charge in [0.25, 0.3) is 0 Å². The summed E-state index contributed by atoms with van der Waals surface area (Å²) in [4.78, 5) is 0. The summed E-state index contributed by atoms with van der Waals surface area (Å²) >= 11 is 12.0. The molecule has 1 aromatic heterocycles. The van der Waals surface area contributed by atoms with Crippen LogP contribution >= 0.6 is 23.2 Å². The maximum Gasteiger partial charge on any atom is 0.146 e. The fourth-order valence-electron chi connectivity index (χ4n) is 1.93. The molecule has 1 saturated carbocycles. The number of nitrogens with one attached hydrogen (secondary N) is 1. The van der Waals surface area contributed by atoms with Crippen molar-refractivity contribution in [3.8, 4) is 5.75 Å². The lowest BCUT2D eigenvalue weighted by Gasteiger charge is -2.09. The zero-order chi connectivity index (χ0) is 13.9. The van der Waals surface area contributed by atoms with Gasteiger partial charge in [-0.3, -0.25) is 0 Å². The van der Waals surface area contributed by atoms with Crippen molar-refractivity contribution in [3.05, 3.63) is 51.9 Å². The van der Waals surface area contributed by atoms with Crippen molar-refractivity contribution in [2.75, 3.05) is 0 Å². The Morgan fingerprint density at radius 2 is 2.10 bits per heavy atom. The Kier molecular flexibility index (Phi) is 4.20. The summed E-state index contributed by atoms with van der Waals surface area (Å²) in [7, 11) is 0. The van der Waals surface area contributed by atoms with Crippen molar-refractivity contribution < 1.29 is 9.15 Å². The molecule has 1 aliphatic rings. The van der Waals surface area contributed by atoms with Gasteiger partial charge in [-0.2, -0.15) is 0 Å². The van der Waals surface area contributed by atoms with E-state index in [-0.39, 0.29) is 0 Å². The molecule has 3 rings (SSSR count). The van der Waals surface area contributed by atoms with E-state index in [1.807, 2.05) is 6.07 Å². The SMILES string of the molecule is Clc1cccc(OCc2occc2CNC2CC2)c1Cl. The molecule has 1 fully saturated rings. The third-order valence-electron chi connectivity index (χ3n) is 3.27. The highest BCUT2D eigenvalue weighted by atomic mass is 35.5. The zero-order valence-electron chi connectivity index (χ0n) is 10.9. The van der Waals surface area contributed by atoms with Crippen LogP contribution in [-0.4, -0.2) is 6.04 Å². The molecule has 0 aliphatic heterocycles. The molecule has 1 N–H and O–H groups in total. The van der Waals surface area contributed by atoms with Crippen LogP contribution in [0.25, 0.3) is 0 Å². The lowest BCUT2D eigenvalue weighted by Crippen LogP contribution is -2.16. The van der Waals surface area contributed by atoms with Crippen LogP contribution < -0.4 is 10.1 Å². The molecule has 0 radical (unpaired) electrons. The van der Waals surface area contributed by atoms with Crippen molar-refractivity contribution >= 4 is 23.2 Å². The van der Waals surface area contributed by atoms with Crippen molar-refractivity contribution in [2.24, 2.45) is 0 Å². The summed E-state index contributed by atoms with van der Waals surface area (Å²) in [5, 5.41) is 4.37. The number of hydrogen-bond donors (Lipinski definition) is 1. The molecule has 0 unspecified atom stereocenters. The van der Waals surface area contributed by atoms with E-state index in [0.29, 0.717) is 28.4 Å². The molecule has 1 aromatic carbocycles. The highest BCUT2D eigenvalue weighted by Gasteiger charge is 2.21.